The van der Waals surface area contributed by atoms with Crippen molar-refractivity contribution in [3.05, 3.63) is 108 Å². The van der Waals surface area contributed by atoms with Crippen molar-refractivity contribution in [1.82, 2.24) is 10.2 Å². The fourth-order valence-electron chi connectivity index (χ4n) is 3.34. The quantitative estimate of drug-likeness (QED) is 0.580. The molecule has 0 bridgehead atoms. The van der Waals surface area contributed by atoms with E-state index in [-0.39, 0.29) is 11.8 Å². The number of amides is 2. The van der Waals surface area contributed by atoms with Gasteiger partial charge in [-0.25, -0.2) is 0 Å². The molecule has 0 fully saturated rings. The van der Waals surface area contributed by atoms with Gasteiger partial charge in [-0.05, 0) is 30.0 Å². The molecule has 3 rings (SSSR count). The van der Waals surface area contributed by atoms with E-state index >= 15 is 0 Å². The second-order valence-corrected chi connectivity index (χ2v) is 7.37. The minimum absolute atomic E-state index is 0.0231. The molecule has 2 amide bonds. The van der Waals surface area contributed by atoms with Crippen LogP contribution in [0.1, 0.15) is 30.0 Å². The number of nitrogens with zero attached hydrogens (tertiary/aromatic N) is 1. The SMILES string of the molecule is C[C@H](C(=O)NCc1ccccc1)N(Cc1ccccc1)C(=O)CCc1ccccc1. The molecule has 0 saturated carbocycles. The van der Waals surface area contributed by atoms with E-state index in [1.807, 2.05) is 91.0 Å². The largest absolute Gasteiger partial charge is 0.350 e. The van der Waals surface area contributed by atoms with Crippen LogP contribution in [0.4, 0.5) is 0 Å². The molecule has 3 aromatic rings. The van der Waals surface area contributed by atoms with Crippen LogP contribution in [0.15, 0.2) is 91.0 Å². The van der Waals surface area contributed by atoms with Gasteiger partial charge in [0, 0.05) is 19.5 Å². The van der Waals surface area contributed by atoms with Gasteiger partial charge in [-0.15, -0.1) is 0 Å². The first-order valence-electron chi connectivity index (χ1n) is 10.3. The van der Waals surface area contributed by atoms with Crippen molar-refractivity contribution in [3.63, 3.8) is 0 Å². The molecule has 0 aliphatic carbocycles. The van der Waals surface area contributed by atoms with Crippen LogP contribution in [0.25, 0.3) is 0 Å². The van der Waals surface area contributed by atoms with E-state index in [1.165, 1.54) is 0 Å². The molecule has 30 heavy (non-hydrogen) atoms. The molecule has 3 aromatic carbocycles. The Bertz CT molecular complexity index is 927. The molecular weight excluding hydrogens is 372 g/mol. The van der Waals surface area contributed by atoms with E-state index in [0.29, 0.717) is 25.9 Å². The predicted octanol–water partition coefficient (Wildman–Crippen LogP) is 4.35. The van der Waals surface area contributed by atoms with E-state index in [0.717, 1.165) is 16.7 Å². The number of aryl methyl sites for hydroxylation is 1. The smallest absolute Gasteiger partial charge is 0.242 e. The molecule has 0 spiro atoms. The van der Waals surface area contributed by atoms with E-state index in [4.69, 9.17) is 0 Å². The lowest BCUT2D eigenvalue weighted by atomic mass is 10.1. The molecule has 0 heterocycles. The van der Waals surface area contributed by atoms with Crippen molar-refractivity contribution in [2.24, 2.45) is 0 Å². The van der Waals surface area contributed by atoms with Crippen LogP contribution in [-0.2, 0) is 29.1 Å². The third-order valence-corrected chi connectivity index (χ3v) is 5.14. The van der Waals surface area contributed by atoms with Crippen molar-refractivity contribution < 1.29 is 9.59 Å². The molecular formula is C26H28N2O2. The van der Waals surface area contributed by atoms with E-state index in [9.17, 15) is 9.59 Å². The molecule has 0 saturated heterocycles. The number of nitrogens with one attached hydrogen (secondary N) is 1. The molecule has 0 unspecified atom stereocenters. The normalized spacial score (nSPS) is 11.5. The molecule has 4 heteroatoms. The maximum absolute atomic E-state index is 13.1. The zero-order valence-electron chi connectivity index (χ0n) is 17.3. The fraction of sp³-hybridized carbons (Fsp3) is 0.231. The Morgan fingerprint density at radius 3 is 1.83 bits per heavy atom. The third-order valence-electron chi connectivity index (χ3n) is 5.14. The first kappa shape index (κ1) is 21.3. The lowest BCUT2D eigenvalue weighted by Gasteiger charge is -2.29. The summed E-state index contributed by atoms with van der Waals surface area (Å²) in [6.45, 7) is 2.65. The van der Waals surface area contributed by atoms with Gasteiger partial charge in [0.1, 0.15) is 6.04 Å². The minimum Gasteiger partial charge on any atom is -0.350 e. The summed E-state index contributed by atoms with van der Waals surface area (Å²) >= 11 is 0. The Balaban J connectivity index is 1.67. The number of hydrogen-bond acceptors (Lipinski definition) is 2. The average molecular weight is 401 g/mol. The Morgan fingerprint density at radius 2 is 1.27 bits per heavy atom. The highest BCUT2D eigenvalue weighted by atomic mass is 16.2. The monoisotopic (exact) mass is 400 g/mol. The number of carbonyl (C=O) groups is 2. The summed E-state index contributed by atoms with van der Waals surface area (Å²) in [5.74, 6) is -0.173. The summed E-state index contributed by atoms with van der Waals surface area (Å²) < 4.78 is 0. The first-order chi connectivity index (χ1) is 14.6. The van der Waals surface area contributed by atoms with E-state index < -0.39 is 6.04 Å². The molecule has 1 N–H and O–H groups in total. The Labute approximate surface area is 178 Å². The van der Waals surface area contributed by atoms with Gasteiger partial charge in [0.05, 0.1) is 0 Å². The zero-order chi connectivity index (χ0) is 21.2. The second-order valence-electron chi connectivity index (χ2n) is 7.37. The molecule has 0 aliphatic rings. The summed E-state index contributed by atoms with van der Waals surface area (Å²) in [4.78, 5) is 27.6. The van der Waals surface area contributed by atoms with Crippen LogP contribution in [0, 0.1) is 0 Å². The maximum Gasteiger partial charge on any atom is 0.242 e. The van der Waals surface area contributed by atoms with Crippen molar-refractivity contribution in [1.29, 1.82) is 0 Å². The van der Waals surface area contributed by atoms with Crippen LogP contribution in [-0.4, -0.2) is 22.8 Å². The van der Waals surface area contributed by atoms with Gasteiger partial charge in [0.2, 0.25) is 11.8 Å². The highest BCUT2D eigenvalue weighted by Crippen LogP contribution is 2.13. The molecule has 0 radical (unpaired) electrons. The van der Waals surface area contributed by atoms with Crippen LogP contribution in [0.2, 0.25) is 0 Å². The highest BCUT2D eigenvalue weighted by Gasteiger charge is 2.25. The van der Waals surface area contributed by atoms with Gasteiger partial charge in [-0.3, -0.25) is 9.59 Å². The second kappa shape index (κ2) is 11.0. The number of hydrogen-bond donors (Lipinski definition) is 1. The topological polar surface area (TPSA) is 49.4 Å². The Hall–Kier alpha value is -3.40. The lowest BCUT2D eigenvalue weighted by Crippen LogP contribution is -2.47. The predicted molar refractivity (Wildman–Crippen MR) is 120 cm³/mol. The van der Waals surface area contributed by atoms with Crippen molar-refractivity contribution in [3.8, 4) is 0 Å². The van der Waals surface area contributed by atoms with Gasteiger partial charge in [0.15, 0.2) is 0 Å². The van der Waals surface area contributed by atoms with Crippen molar-refractivity contribution >= 4 is 11.8 Å². The maximum atomic E-state index is 13.1. The van der Waals surface area contributed by atoms with Crippen LogP contribution >= 0.6 is 0 Å². The summed E-state index contributed by atoms with van der Waals surface area (Å²) in [5, 5.41) is 2.96. The van der Waals surface area contributed by atoms with Gasteiger partial charge in [-0.1, -0.05) is 91.0 Å². The highest BCUT2D eigenvalue weighted by molar-refractivity contribution is 5.87. The summed E-state index contributed by atoms with van der Waals surface area (Å²) in [6.07, 6.45) is 1.02. The molecule has 1 atom stereocenters. The number of carbonyl (C=O) groups excluding carboxylic acids is 2. The minimum atomic E-state index is -0.558. The van der Waals surface area contributed by atoms with E-state index in [2.05, 4.69) is 5.32 Å². The fourth-order valence-corrected chi connectivity index (χ4v) is 3.34. The Morgan fingerprint density at radius 1 is 0.767 bits per heavy atom. The third kappa shape index (κ3) is 6.31. The van der Waals surface area contributed by atoms with Crippen molar-refractivity contribution in [2.45, 2.75) is 38.9 Å². The summed E-state index contributed by atoms with van der Waals surface area (Å²) in [7, 11) is 0. The van der Waals surface area contributed by atoms with Gasteiger partial charge < -0.3 is 10.2 Å². The van der Waals surface area contributed by atoms with Gasteiger partial charge >= 0.3 is 0 Å². The summed E-state index contributed by atoms with van der Waals surface area (Å²) in [5.41, 5.74) is 3.16. The van der Waals surface area contributed by atoms with Crippen LogP contribution < -0.4 is 5.32 Å². The molecule has 4 nitrogen and oxygen atoms in total. The number of benzene rings is 3. The lowest BCUT2D eigenvalue weighted by molar-refractivity contribution is -0.140. The summed E-state index contributed by atoms with van der Waals surface area (Å²) in [6, 6.07) is 29.0. The first-order valence-corrected chi connectivity index (χ1v) is 10.3. The zero-order valence-corrected chi connectivity index (χ0v) is 17.3. The molecule has 0 aliphatic heterocycles. The van der Waals surface area contributed by atoms with Gasteiger partial charge in [0.25, 0.3) is 0 Å². The van der Waals surface area contributed by atoms with Crippen LogP contribution in [0.5, 0.6) is 0 Å². The van der Waals surface area contributed by atoms with E-state index in [1.54, 1.807) is 11.8 Å². The van der Waals surface area contributed by atoms with Crippen molar-refractivity contribution in [2.75, 3.05) is 0 Å². The standard InChI is InChI=1S/C26H28N2O2/c1-21(26(30)27-19-23-13-7-3-8-14-23)28(20-24-15-9-4-10-16-24)25(29)18-17-22-11-5-2-6-12-22/h2-16,21H,17-20H2,1H3,(H,27,30)/t21-/m1/s1. The molecule has 154 valence electrons. The van der Waals surface area contributed by atoms with Gasteiger partial charge in [-0.2, -0.15) is 0 Å². The van der Waals surface area contributed by atoms with Crippen LogP contribution in [0.3, 0.4) is 0 Å². The number of rotatable bonds is 9. The Kier molecular flexibility index (Phi) is 7.78. The average Bonchev–Trinajstić information content (AvgIpc) is 2.81. The molecule has 0 aromatic heterocycles.